The van der Waals surface area contributed by atoms with Crippen LogP contribution in [0.2, 0.25) is 0 Å². The van der Waals surface area contributed by atoms with Crippen LogP contribution >= 0.6 is 0 Å². The van der Waals surface area contributed by atoms with Crippen molar-refractivity contribution in [3.8, 4) is 0 Å². The molecule has 1 rings (SSSR count). The molecule has 1 aliphatic rings. The van der Waals surface area contributed by atoms with Crippen LogP contribution in [0.5, 0.6) is 0 Å². The molecule has 0 aromatic heterocycles. The molecule has 2 atom stereocenters. The summed E-state index contributed by atoms with van der Waals surface area (Å²) in [6.07, 6.45) is 1.49. The molecule has 3 nitrogen and oxygen atoms in total. The first kappa shape index (κ1) is 8.97. The van der Waals surface area contributed by atoms with Gasteiger partial charge in [0.05, 0.1) is 18.5 Å². The van der Waals surface area contributed by atoms with E-state index in [0.717, 1.165) is 0 Å². The smallest absolute Gasteiger partial charge is 0.0614 e. The molecular formula is C8H19N3. The minimum atomic E-state index is 0.483. The molecule has 1 fully saturated rings. The number of nitrogens with one attached hydrogen (secondary N) is 1. The molecular weight excluding hydrogens is 138 g/mol. The Morgan fingerprint density at radius 2 is 1.27 bits per heavy atom. The lowest BCUT2D eigenvalue weighted by atomic mass is 10.3. The lowest BCUT2D eigenvalue weighted by Crippen LogP contribution is -2.64. The molecule has 0 aromatic rings. The maximum atomic E-state index is 3.46. The van der Waals surface area contributed by atoms with Crippen LogP contribution in [0, 0.1) is 0 Å². The maximum Gasteiger partial charge on any atom is 0.0614 e. The second kappa shape index (κ2) is 3.09. The van der Waals surface area contributed by atoms with Gasteiger partial charge in [-0.2, -0.15) is 0 Å². The lowest BCUT2D eigenvalue weighted by Gasteiger charge is -2.46. The minimum Gasteiger partial charge on any atom is -0.287 e. The van der Waals surface area contributed by atoms with E-state index < -0.39 is 0 Å². The highest BCUT2D eigenvalue weighted by Gasteiger charge is 2.28. The van der Waals surface area contributed by atoms with Crippen LogP contribution in [0.25, 0.3) is 0 Å². The van der Waals surface area contributed by atoms with Gasteiger partial charge in [-0.05, 0) is 34.9 Å². The van der Waals surface area contributed by atoms with E-state index in [1.165, 1.54) is 0 Å². The average molecular weight is 157 g/mol. The second-order valence-corrected chi connectivity index (χ2v) is 3.48. The Hall–Kier alpha value is -0.120. The molecule has 1 N–H and O–H groups in total. The van der Waals surface area contributed by atoms with Crippen molar-refractivity contribution in [3.63, 3.8) is 0 Å². The molecule has 1 heterocycles. The highest BCUT2D eigenvalue weighted by atomic mass is 15.5. The summed E-state index contributed by atoms with van der Waals surface area (Å²) < 4.78 is 0. The summed E-state index contributed by atoms with van der Waals surface area (Å²) in [5, 5.41) is 3.46. The lowest BCUT2D eigenvalue weighted by molar-refractivity contribution is -0.0380. The van der Waals surface area contributed by atoms with Gasteiger partial charge in [0.1, 0.15) is 0 Å². The molecule has 1 saturated heterocycles. The summed E-state index contributed by atoms with van der Waals surface area (Å²) in [7, 11) is 4.29. The molecule has 0 saturated carbocycles. The number of rotatable bonds is 0. The second-order valence-electron chi connectivity index (χ2n) is 3.48. The molecule has 0 radical (unpaired) electrons. The van der Waals surface area contributed by atoms with Crippen molar-refractivity contribution in [2.24, 2.45) is 0 Å². The predicted octanol–water partition coefficient (Wildman–Crippen LogP) is 0.491. The van der Waals surface area contributed by atoms with Crippen LogP contribution in [-0.4, -0.2) is 42.4 Å². The maximum absolute atomic E-state index is 3.46. The van der Waals surface area contributed by atoms with Gasteiger partial charge in [-0.3, -0.25) is 15.1 Å². The SMILES string of the molecule is CC1NC(C)N(C)C(C)N1C. The first-order valence-electron chi connectivity index (χ1n) is 4.24. The number of hydrogen-bond acceptors (Lipinski definition) is 3. The van der Waals surface area contributed by atoms with E-state index in [4.69, 9.17) is 0 Å². The zero-order valence-electron chi connectivity index (χ0n) is 8.13. The van der Waals surface area contributed by atoms with Crippen molar-refractivity contribution in [2.45, 2.75) is 39.3 Å². The third-order valence-corrected chi connectivity index (χ3v) is 2.88. The fourth-order valence-corrected chi connectivity index (χ4v) is 1.52. The van der Waals surface area contributed by atoms with Gasteiger partial charge in [0, 0.05) is 0 Å². The van der Waals surface area contributed by atoms with Gasteiger partial charge in [-0.1, -0.05) is 0 Å². The number of hydrogen-bond donors (Lipinski definition) is 1. The summed E-state index contributed by atoms with van der Waals surface area (Å²) in [5.41, 5.74) is 0. The highest BCUT2D eigenvalue weighted by molar-refractivity contribution is 4.78. The Labute approximate surface area is 69.4 Å². The Bertz CT molecular complexity index is 123. The van der Waals surface area contributed by atoms with E-state index in [-0.39, 0.29) is 0 Å². The summed E-state index contributed by atoms with van der Waals surface area (Å²) in [5.74, 6) is 0. The van der Waals surface area contributed by atoms with Crippen LogP contribution in [0.4, 0.5) is 0 Å². The van der Waals surface area contributed by atoms with E-state index in [2.05, 4.69) is 50.0 Å². The Morgan fingerprint density at radius 3 is 1.64 bits per heavy atom. The van der Waals surface area contributed by atoms with Crippen molar-refractivity contribution >= 4 is 0 Å². The van der Waals surface area contributed by atoms with Crippen LogP contribution in [-0.2, 0) is 0 Å². The molecule has 11 heavy (non-hydrogen) atoms. The van der Waals surface area contributed by atoms with Crippen LogP contribution in [0.1, 0.15) is 20.8 Å². The normalized spacial score (nSPS) is 42.8. The Balaban J connectivity index is 2.63. The third-order valence-electron chi connectivity index (χ3n) is 2.88. The monoisotopic (exact) mass is 157 g/mol. The minimum absolute atomic E-state index is 0.483. The fourth-order valence-electron chi connectivity index (χ4n) is 1.52. The topological polar surface area (TPSA) is 18.5 Å². The van der Waals surface area contributed by atoms with Crippen LogP contribution < -0.4 is 5.32 Å². The van der Waals surface area contributed by atoms with E-state index in [0.29, 0.717) is 18.5 Å². The molecule has 0 aliphatic carbocycles. The average Bonchev–Trinajstić information content (AvgIpc) is 1.97. The van der Waals surface area contributed by atoms with Crippen molar-refractivity contribution in [3.05, 3.63) is 0 Å². The Kier molecular flexibility index (Phi) is 2.52. The van der Waals surface area contributed by atoms with Crippen molar-refractivity contribution in [2.75, 3.05) is 14.1 Å². The zero-order valence-corrected chi connectivity index (χ0v) is 8.13. The van der Waals surface area contributed by atoms with Gasteiger partial charge in [0.25, 0.3) is 0 Å². The van der Waals surface area contributed by atoms with Crippen molar-refractivity contribution in [1.29, 1.82) is 0 Å². The first-order chi connectivity index (χ1) is 5.04. The zero-order chi connectivity index (χ0) is 8.59. The quantitative estimate of drug-likeness (QED) is 0.552. The predicted molar refractivity (Wildman–Crippen MR) is 47.0 cm³/mol. The summed E-state index contributed by atoms with van der Waals surface area (Å²) >= 11 is 0. The molecule has 0 aromatic carbocycles. The van der Waals surface area contributed by atoms with Gasteiger partial charge in [-0.15, -0.1) is 0 Å². The molecule has 0 amide bonds. The van der Waals surface area contributed by atoms with Gasteiger partial charge in [0.15, 0.2) is 0 Å². The molecule has 66 valence electrons. The largest absolute Gasteiger partial charge is 0.287 e. The summed E-state index contributed by atoms with van der Waals surface area (Å²) in [6, 6.07) is 0. The number of nitrogens with zero attached hydrogens (tertiary/aromatic N) is 2. The van der Waals surface area contributed by atoms with E-state index >= 15 is 0 Å². The third kappa shape index (κ3) is 1.55. The highest BCUT2D eigenvalue weighted by Crippen LogP contribution is 2.12. The molecule has 2 unspecified atom stereocenters. The Morgan fingerprint density at radius 1 is 0.909 bits per heavy atom. The summed E-state index contributed by atoms with van der Waals surface area (Å²) in [6.45, 7) is 6.62. The van der Waals surface area contributed by atoms with E-state index in [9.17, 15) is 0 Å². The first-order valence-corrected chi connectivity index (χ1v) is 4.24. The summed E-state index contributed by atoms with van der Waals surface area (Å²) in [4.78, 5) is 4.64. The van der Waals surface area contributed by atoms with E-state index in [1.54, 1.807) is 0 Å². The van der Waals surface area contributed by atoms with Gasteiger partial charge < -0.3 is 0 Å². The van der Waals surface area contributed by atoms with Crippen molar-refractivity contribution in [1.82, 2.24) is 15.1 Å². The molecule has 1 aliphatic heterocycles. The van der Waals surface area contributed by atoms with Gasteiger partial charge in [0.2, 0.25) is 0 Å². The van der Waals surface area contributed by atoms with Crippen LogP contribution in [0.15, 0.2) is 0 Å². The molecule has 0 spiro atoms. The van der Waals surface area contributed by atoms with Gasteiger partial charge >= 0.3 is 0 Å². The van der Waals surface area contributed by atoms with Gasteiger partial charge in [-0.25, -0.2) is 0 Å². The van der Waals surface area contributed by atoms with Crippen LogP contribution in [0.3, 0.4) is 0 Å². The molecule has 0 bridgehead atoms. The van der Waals surface area contributed by atoms with E-state index in [1.807, 2.05) is 0 Å². The fraction of sp³-hybridized carbons (Fsp3) is 1.00. The standard InChI is InChI=1S/C8H19N3/c1-6-9-7(2)11(5)8(3)10(6)4/h6-9H,1-5H3. The van der Waals surface area contributed by atoms with Crippen molar-refractivity contribution < 1.29 is 0 Å². The molecule has 3 heteroatoms.